The van der Waals surface area contributed by atoms with Gasteiger partial charge in [0.2, 0.25) is 5.91 Å². The van der Waals surface area contributed by atoms with Crippen molar-refractivity contribution in [1.29, 1.82) is 0 Å². The first-order valence-corrected chi connectivity index (χ1v) is 7.83. The molecule has 0 aliphatic carbocycles. The maximum absolute atomic E-state index is 12.3. The number of carbonyl (C=O) groups excluding carboxylic acids is 1. The molecule has 0 saturated carbocycles. The Kier molecular flexibility index (Phi) is 6.07. The highest BCUT2D eigenvalue weighted by Crippen LogP contribution is 2.28. The number of hydrogen-bond donors (Lipinski definition) is 1. The molecular formula is C17H26N2O3. The Balaban J connectivity index is 1.90. The summed E-state index contributed by atoms with van der Waals surface area (Å²) in [6.45, 7) is 5.56. The molecule has 1 atom stereocenters. The summed E-state index contributed by atoms with van der Waals surface area (Å²) in [5.74, 6) is 2.03. The lowest BCUT2D eigenvalue weighted by Gasteiger charge is -2.28. The molecule has 1 unspecified atom stereocenters. The number of carbonyl (C=O) groups is 1. The molecule has 0 aromatic heterocycles. The molecule has 1 saturated heterocycles. The quantitative estimate of drug-likeness (QED) is 0.869. The van der Waals surface area contributed by atoms with Gasteiger partial charge in [0, 0.05) is 32.6 Å². The number of methoxy groups -OCH3 is 2. The fourth-order valence-corrected chi connectivity index (χ4v) is 2.82. The number of amides is 1. The van der Waals surface area contributed by atoms with Crippen molar-refractivity contribution in [2.24, 2.45) is 5.92 Å². The van der Waals surface area contributed by atoms with Crippen molar-refractivity contribution >= 4 is 5.91 Å². The van der Waals surface area contributed by atoms with Crippen molar-refractivity contribution in [3.63, 3.8) is 0 Å². The maximum atomic E-state index is 12.3. The molecular weight excluding hydrogens is 280 g/mol. The molecule has 5 heteroatoms. The van der Waals surface area contributed by atoms with Crippen molar-refractivity contribution in [1.82, 2.24) is 10.2 Å². The van der Waals surface area contributed by atoms with Crippen LogP contribution >= 0.6 is 0 Å². The predicted octanol–water partition coefficient (Wildman–Crippen LogP) is 1.70. The number of benzene rings is 1. The van der Waals surface area contributed by atoms with Crippen LogP contribution in [0, 0.1) is 5.92 Å². The third-order valence-electron chi connectivity index (χ3n) is 4.02. The van der Waals surface area contributed by atoms with Gasteiger partial charge in [0.25, 0.3) is 0 Å². The molecule has 1 aromatic rings. The zero-order valence-electron chi connectivity index (χ0n) is 13.7. The highest BCUT2D eigenvalue weighted by atomic mass is 16.5. The van der Waals surface area contributed by atoms with E-state index in [0.29, 0.717) is 12.3 Å². The normalized spacial score (nSPS) is 16.2. The Morgan fingerprint density at radius 2 is 1.91 bits per heavy atom. The van der Waals surface area contributed by atoms with Gasteiger partial charge in [-0.1, -0.05) is 13.0 Å². The summed E-state index contributed by atoms with van der Waals surface area (Å²) < 4.78 is 10.6. The fourth-order valence-electron chi connectivity index (χ4n) is 2.82. The number of nitrogens with zero attached hydrogens (tertiary/aromatic N) is 1. The fraction of sp³-hybridized carbons (Fsp3) is 0.588. The first-order chi connectivity index (χ1) is 10.6. The van der Waals surface area contributed by atoms with Crippen molar-refractivity contribution < 1.29 is 14.3 Å². The Morgan fingerprint density at radius 3 is 2.55 bits per heavy atom. The van der Waals surface area contributed by atoms with Crippen molar-refractivity contribution in [3.8, 4) is 11.5 Å². The van der Waals surface area contributed by atoms with E-state index >= 15 is 0 Å². The van der Waals surface area contributed by atoms with E-state index in [9.17, 15) is 4.79 Å². The molecule has 1 aliphatic heterocycles. The lowest BCUT2D eigenvalue weighted by molar-refractivity contribution is -0.132. The Hall–Kier alpha value is -1.75. The van der Waals surface area contributed by atoms with Gasteiger partial charge in [-0.25, -0.2) is 0 Å². The van der Waals surface area contributed by atoms with Crippen LogP contribution in [0.5, 0.6) is 11.5 Å². The number of piperazine rings is 1. The largest absolute Gasteiger partial charge is 0.493 e. The predicted molar refractivity (Wildman–Crippen MR) is 86.5 cm³/mol. The van der Waals surface area contributed by atoms with Gasteiger partial charge in [-0.05, 0) is 30.0 Å². The minimum absolute atomic E-state index is 0.259. The molecule has 0 bridgehead atoms. The summed E-state index contributed by atoms with van der Waals surface area (Å²) in [7, 11) is 3.27. The molecule has 1 amide bonds. The molecule has 22 heavy (non-hydrogen) atoms. The van der Waals surface area contributed by atoms with Crippen LogP contribution < -0.4 is 14.8 Å². The van der Waals surface area contributed by atoms with E-state index in [0.717, 1.165) is 44.1 Å². The highest BCUT2D eigenvalue weighted by molar-refractivity contribution is 5.76. The van der Waals surface area contributed by atoms with E-state index in [1.54, 1.807) is 14.2 Å². The van der Waals surface area contributed by atoms with Crippen molar-refractivity contribution in [2.45, 2.75) is 19.8 Å². The summed E-state index contributed by atoms with van der Waals surface area (Å²) in [6.07, 6.45) is 1.45. The minimum Gasteiger partial charge on any atom is -0.493 e. The van der Waals surface area contributed by atoms with E-state index in [4.69, 9.17) is 9.47 Å². The van der Waals surface area contributed by atoms with Crippen LogP contribution in [-0.2, 0) is 11.2 Å². The first kappa shape index (κ1) is 16.6. The van der Waals surface area contributed by atoms with Crippen LogP contribution in [0.1, 0.15) is 18.9 Å². The molecule has 5 nitrogen and oxygen atoms in total. The van der Waals surface area contributed by atoms with Gasteiger partial charge in [-0.3, -0.25) is 4.79 Å². The van der Waals surface area contributed by atoms with Gasteiger partial charge in [0.15, 0.2) is 11.5 Å². The molecule has 2 rings (SSSR count). The smallest absolute Gasteiger partial charge is 0.222 e. The third-order valence-corrected chi connectivity index (χ3v) is 4.02. The second-order valence-corrected chi connectivity index (χ2v) is 5.83. The zero-order valence-corrected chi connectivity index (χ0v) is 13.7. The van der Waals surface area contributed by atoms with Gasteiger partial charge < -0.3 is 19.7 Å². The summed E-state index contributed by atoms with van der Waals surface area (Å²) in [6, 6.07) is 5.94. The van der Waals surface area contributed by atoms with Crippen LogP contribution in [-0.4, -0.2) is 51.2 Å². The summed E-state index contributed by atoms with van der Waals surface area (Å²) in [5.41, 5.74) is 1.17. The molecule has 1 aromatic carbocycles. The summed E-state index contributed by atoms with van der Waals surface area (Å²) >= 11 is 0. The molecule has 1 fully saturated rings. The lowest BCUT2D eigenvalue weighted by Crippen LogP contribution is -2.46. The van der Waals surface area contributed by atoms with Crippen molar-refractivity contribution in [2.75, 3.05) is 40.4 Å². The van der Waals surface area contributed by atoms with Crippen LogP contribution in [0.25, 0.3) is 0 Å². The molecule has 0 spiro atoms. The standard InChI is InChI=1S/C17H26N2O3/c1-13(11-17(20)19-8-6-18-7-9-19)10-14-4-5-15(21-2)16(12-14)22-3/h4-5,12-13,18H,6-11H2,1-3H3. The highest BCUT2D eigenvalue weighted by Gasteiger charge is 2.19. The van der Waals surface area contributed by atoms with Crippen LogP contribution in [0.2, 0.25) is 0 Å². The maximum Gasteiger partial charge on any atom is 0.222 e. The molecule has 1 N–H and O–H groups in total. The zero-order chi connectivity index (χ0) is 15.9. The number of nitrogens with one attached hydrogen (secondary N) is 1. The van der Waals surface area contributed by atoms with Gasteiger partial charge in [0.05, 0.1) is 14.2 Å². The second-order valence-electron chi connectivity index (χ2n) is 5.83. The van der Waals surface area contributed by atoms with Crippen LogP contribution in [0.4, 0.5) is 0 Å². The number of ether oxygens (including phenoxy) is 2. The Bertz CT molecular complexity index is 499. The van der Waals surface area contributed by atoms with E-state index < -0.39 is 0 Å². The van der Waals surface area contributed by atoms with Gasteiger partial charge >= 0.3 is 0 Å². The van der Waals surface area contributed by atoms with Gasteiger partial charge in [-0.15, -0.1) is 0 Å². The van der Waals surface area contributed by atoms with E-state index in [1.165, 1.54) is 5.56 Å². The molecule has 1 aliphatic rings. The van der Waals surface area contributed by atoms with E-state index in [1.807, 2.05) is 23.1 Å². The van der Waals surface area contributed by atoms with E-state index in [-0.39, 0.29) is 5.91 Å². The third kappa shape index (κ3) is 4.37. The minimum atomic E-state index is 0.259. The molecule has 1 heterocycles. The Morgan fingerprint density at radius 1 is 1.23 bits per heavy atom. The summed E-state index contributed by atoms with van der Waals surface area (Å²) in [5, 5.41) is 3.27. The Labute approximate surface area is 132 Å². The molecule has 0 radical (unpaired) electrons. The monoisotopic (exact) mass is 306 g/mol. The van der Waals surface area contributed by atoms with Crippen molar-refractivity contribution in [3.05, 3.63) is 23.8 Å². The number of rotatable bonds is 6. The van der Waals surface area contributed by atoms with E-state index in [2.05, 4.69) is 12.2 Å². The molecule has 122 valence electrons. The summed E-state index contributed by atoms with van der Waals surface area (Å²) in [4.78, 5) is 14.2. The lowest BCUT2D eigenvalue weighted by atomic mass is 9.97. The average molecular weight is 306 g/mol. The average Bonchev–Trinajstić information content (AvgIpc) is 2.55. The van der Waals surface area contributed by atoms with Crippen LogP contribution in [0.3, 0.4) is 0 Å². The topological polar surface area (TPSA) is 50.8 Å². The van der Waals surface area contributed by atoms with Crippen LogP contribution in [0.15, 0.2) is 18.2 Å². The SMILES string of the molecule is COc1ccc(CC(C)CC(=O)N2CCNCC2)cc1OC. The second kappa shape index (κ2) is 8.03. The first-order valence-electron chi connectivity index (χ1n) is 7.83. The van der Waals surface area contributed by atoms with Gasteiger partial charge in [0.1, 0.15) is 0 Å². The number of hydrogen-bond acceptors (Lipinski definition) is 4. The van der Waals surface area contributed by atoms with Gasteiger partial charge in [-0.2, -0.15) is 0 Å².